The minimum atomic E-state index is -3.61. The largest absolute Gasteiger partial charge is 0.496 e. The van der Waals surface area contributed by atoms with Crippen LogP contribution in [0.2, 0.25) is 0 Å². The number of rotatable bonds is 6. The zero-order valence-corrected chi connectivity index (χ0v) is 16.3. The fraction of sp³-hybridized carbons (Fsp3) is 0.222. The van der Waals surface area contributed by atoms with Gasteiger partial charge >= 0.3 is 0 Å². The monoisotopic (exact) mass is 423 g/mol. The summed E-state index contributed by atoms with van der Waals surface area (Å²) in [5.41, 5.74) is 0.749. The fourth-order valence-electron chi connectivity index (χ4n) is 2.02. The highest BCUT2D eigenvalue weighted by Crippen LogP contribution is 2.21. The molecular weight excluding hydrogens is 406 g/mol. The molecule has 1 N–H and O–H groups in total. The van der Waals surface area contributed by atoms with Crippen LogP contribution in [0.15, 0.2) is 51.8 Å². The molecule has 0 spiro atoms. The molecule has 0 aromatic heterocycles. The topological polar surface area (TPSA) is 64.6 Å². The number of hydrogen-bond donors (Lipinski definition) is 1. The molecule has 0 fully saturated rings. The predicted octanol–water partition coefficient (Wildman–Crippen LogP) is 3.13. The van der Waals surface area contributed by atoms with Crippen LogP contribution in [0.1, 0.15) is 5.56 Å². The van der Waals surface area contributed by atoms with E-state index in [-0.39, 0.29) is 18.0 Å². The van der Waals surface area contributed by atoms with Crippen molar-refractivity contribution in [1.82, 2.24) is 4.72 Å². The molecule has 0 bridgehead atoms. The summed E-state index contributed by atoms with van der Waals surface area (Å²) in [6.45, 7) is 1.98. The number of methoxy groups -OCH3 is 1. The van der Waals surface area contributed by atoms with Crippen LogP contribution in [0.25, 0.3) is 0 Å². The summed E-state index contributed by atoms with van der Waals surface area (Å²) in [6.07, 6.45) is 0. The first-order valence-electron chi connectivity index (χ1n) is 7.41. The predicted molar refractivity (Wildman–Crippen MR) is 100 cm³/mol. The first-order valence-corrected chi connectivity index (χ1v) is 9.68. The molecule has 132 valence electrons. The molecule has 0 aliphatic carbocycles. The van der Waals surface area contributed by atoms with E-state index in [9.17, 15) is 8.42 Å². The zero-order valence-electron chi connectivity index (χ0n) is 13.9. The maximum atomic E-state index is 12.2. The molecule has 2 aromatic rings. The average Bonchev–Trinajstić information content (AvgIpc) is 2.58. The Hall–Kier alpha value is -2.01. The molecular formula is C18H18BrNO4S. The van der Waals surface area contributed by atoms with E-state index < -0.39 is 10.0 Å². The lowest BCUT2D eigenvalue weighted by Crippen LogP contribution is -2.24. The van der Waals surface area contributed by atoms with Gasteiger partial charge in [0.2, 0.25) is 10.0 Å². The van der Waals surface area contributed by atoms with Crippen molar-refractivity contribution in [3.05, 3.63) is 52.5 Å². The molecule has 0 aliphatic heterocycles. The van der Waals surface area contributed by atoms with Crippen LogP contribution in [-0.4, -0.2) is 28.7 Å². The number of nitrogens with one attached hydrogen (secondary N) is 1. The Bertz CT molecular complexity index is 901. The molecule has 5 nitrogen and oxygen atoms in total. The molecule has 0 heterocycles. The summed E-state index contributed by atoms with van der Waals surface area (Å²) in [6, 6.07) is 12.1. The van der Waals surface area contributed by atoms with Crippen LogP contribution < -0.4 is 14.2 Å². The van der Waals surface area contributed by atoms with E-state index >= 15 is 0 Å². The Kier molecular flexibility index (Phi) is 6.88. The molecule has 0 saturated heterocycles. The van der Waals surface area contributed by atoms with Gasteiger partial charge in [0.25, 0.3) is 0 Å². The highest BCUT2D eigenvalue weighted by atomic mass is 79.9. The van der Waals surface area contributed by atoms with Crippen LogP contribution >= 0.6 is 15.9 Å². The summed E-state index contributed by atoms with van der Waals surface area (Å²) in [4.78, 5) is 0.179. The molecule has 0 unspecified atom stereocenters. The SMILES string of the molecule is COc1ccc(S(=O)(=O)NCC#CCOc2cccc(Br)c2)cc1C. The highest BCUT2D eigenvalue weighted by Gasteiger charge is 2.14. The first kappa shape index (κ1) is 19.3. The van der Waals surface area contributed by atoms with Crippen molar-refractivity contribution in [1.29, 1.82) is 0 Å². The second-order valence-electron chi connectivity index (χ2n) is 5.06. The van der Waals surface area contributed by atoms with Crippen molar-refractivity contribution >= 4 is 26.0 Å². The van der Waals surface area contributed by atoms with E-state index in [4.69, 9.17) is 9.47 Å². The summed E-state index contributed by atoms with van der Waals surface area (Å²) in [5.74, 6) is 6.84. The van der Waals surface area contributed by atoms with Gasteiger partial charge in [0.15, 0.2) is 0 Å². The summed E-state index contributed by atoms with van der Waals surface area (Å²) >= 11 is 3.35. The number of sulfonamides is 1. The van der Waals surface area contributed by atoms with Gasteiger partial charge in [-0.15, -0.1) is 0 Å². The quantitative estimate of drug-likeness (QED) is 0.724. The lowest BCUT2D eigenvalue weighted by Gasteiger charge is -2.08. The number of hydrogen-bond acceptors (Lipinski definition) is 4. The molecule has 7 heteroatoms. The molecule has 2 rings (SSSR count). The van der Waals surface area contributed by atoms with Gasteiger partial charge in [0.05, 0.1) is 18.6 Å². The van der Waals surface area contributed by atoms with Gasteiger partial charge in [0, 0.05) is 4.47 Å². The Morgan fingerprint density at radius 3 is 2.64 bits per heavy atom. The Morgan fingerprint density at radius 2 is 1.96 bits per heavy atom. The van der Waals surface area contributed by atoms with Crippen LogP contribution in [0.5, 0.6) is 11.5 Å². The average molecular weight is 424 g/mol. The van der Waals surface area contributed by atoms with Gasteiger partial charge in [-0.25, -0.2) is 8.42 Å². The third-order valence-corrected chi connectivity index (χ3v) is 5.15. The van der Waals surface area contributed by atoms with Crippen molar-refractivity contribution in [3.8, 4) is 23.3 Å². The summed E-state index contributed by atoms with van der Waals surface area (Å²) in [5, 5.41) is 0. The van der Waals surface area contributed by atoms with Crippen molar-refractivity contribution < 1.29 is 17.9 Å². The van der Waals surface area contributed by atoms with Gasteiger partial charge in [0.1, 0.15) is 18.1 Å². The zero-order chi connectivity index (χ0) is 18.3. The van der Waals surface area contributed by atoms with Crippen LogP contribution in [-0.2, 0) is 10.0 Å². The second-order valence-corrected chi connectivity index (χ2v) is 7.74. The first-order chi connectivity index (χ1) is 11.9. The normalized spacial score (nSPS) is 10.7. The second kappa shape index (κ2) is 8.90. The summed E-state index contributed by atoms with van der Waals surface area (Å²) < 4.78 is 38.4. The molecule has 0 amide bonds. The standard InChI is InChI=1S/C18H18BrNO4S/c1-14-12-17(8-9-18(14)23-2)25(21,22)20-10-3-4-11-24-16-7-5-6-15(19)13-16/h5-9,12-13,20H,10-11H2,1-2H3. The number of halogens is 1. The van der Waals surface area contributed by atoms with E-state index in [0.717, 1.165) is 10.0 Å². The minimum absolute atomic E-state index is 0.00918. The number of aryl methyl sites for hydroxylation is 1. The molecule has 25 heavy (non-hydrogen) atoms. The van der Waals surface area contributed by atoms with E-state index in [2.05, 4.69) is 32.5 Å². The lowest BCUT2D eigenvalue weighted by molar-refractivity contribution is 0.370. The Balaban J connectivity index is 1.87. The highest BCUT2D eigenvalue weighted by molar-refractivity contribution is 9.10. The summed E-state index contributed by atoms with van der Waals surface area (Å²) in [7, 11) is -2.07. The van der Waals surface area contributed by atoms with Crippen molar-refractivity contribution in [3.63, 3.8) is 0 Å². The maximum absolute atomic E-state index is 12.2. The van der Waals surface area contributed by atoms with Gasteiger partial charge in [-0.3, -0.25) is 0 Å². The van der Waals surface area contributed by atoms with Gasteiger partial charge < -0.3 is 9.47 Å². The van der Waals surface area contributed by atoms with Gasteiger partial charge in [-0.2, -0.15) is 4.72 Å². The van der Waals surface area contributed by atoms with Crippen LogP contribution in [0.4, 0.5) is 0 Å². The third-order valence-electron chi connectivity index (χ3n) is 3.26. The molecule has 0 aliphatic rings. The smallest absolute Gasteiger partial charge is 0.241 e. The van der Waals surface area contributed by atoms with Gasteiger partial charge in [-0.05, 0) is 48.9 Å². The molecule has 2 aromatic carbocycles. The van der Waals surface area contributed by atoms with Crippen LogP contribution in [0, 0.1) is 18.8 Å². The fourth-order valence-corrected chi connectivity index (χ4v) is 3.41. The Labute approximate surface area is 156 Å². The van der Waals surface area contributed by atoms with E-state index in [0.29, 0.717) is 11.5 Å². The number of ether oxygens (including phenoxy) is 2. The number of benzene rings is 2. The molecule has 0 saturated carbocycles. The third kappa shape index (κ3) is 5.78. The minimum Gasteiger partial charge on any atom is -0.496 e. The van der Waals surface area contributed by atoms with Crippen molar-refractivity contribution in [2.75, 3.05) is 20.3 Å². The van der Waals surface area contributed by atoms with Crippen molar-refractivity contribution in [2.24, 2.45) is 0 Å². The van der Waals surface area contributed by atoms with E-state index in [1.54, 1.807) is 26.2 Å². The Morgan fingerprint density at radius 1 is 1.16 bits per heavy atom. The lowest BCUT2D eigenvalue weighted by atomic mass is 10.2. The molecule has 0 atom stereocenters. The van der Waals surface area contributed by atoms with E-state index in [1.165, 1.54) is 6.07 Å². The molecule has 0 radical (unpaired) electrons. The van der Waals surface area contributed by atoms with E-state index in [1.807, 2.05) is 24.3 Å². The van der Waals surface area contributed by atoms with Gasteiger partial charge in [-0.1, -0.05) is 33.8 Å². The maximum Gasteiger partial charge on any atom is 0.241 e. The van der Waals surface area contributed by atoms with Crippen molar-refractivity contribution in [2.45, 2.75) is 11.8 Å². The van der Waals surface area contributed by atoms with Crippen LogP contribution in [0.3, 0.4) is 0 Å².